The van der Waals surface area contributed by atoms with Gasteiger partial charge in [-0.1, -0.05) is 29.5 Å². The van der Waals surface area contributed by atoms with Crippen LogP contribution in [-0.2, 0) is 17.6 Å². The van der Waals surface area contributed by atoms with Crippen molar-refractivity contribution < 1.29 is 14.6 Å². The topological polar surface area (TPSA) is 76.7 Å². The number of nitrogens with zero attached hydrogens (tertiary/aromatic N) is 3. The van der Waals surface area contributed by atoms with E-state index in [1.54, 1.807) is 10.7 Å². The summed E-state index contributed by atoms with van der Waals surface area (Å²) in [6.07, 6.45) is 2.27. The number of carbonyl (C=O) groups is 1. The van der Waals surface area contributed by atoms with E-state index in [9.17, 15) is 4.79 Å². The lowest BCUT2D eigenvalue weighted by Gasteiger charge is -2.03. The summed E-state index contributed by atoms with van der Waals surface area (Å²) < 4.78 is 7.24. The largest absolute Gasteiger partial charge is 0.493 e. The predicted octanol–water partition coefficient (Wildman–Crippen LogP) is 2.04. The first-order valence-corrected chi connectivity index (χ1v) is 7.26. The second-order valence-electron chi connectivity index (χ2n) is 4.44. The molecular formula is C14H13N3O3S. The van der Waals surface area contributed by atoms with Gasteiger partial charge in [-0.15, -0.1) is 0 Å². The molecule has 0 saturated carbocycles. The molecule has 2 heterocycles. The van der Waals surface area contributed by atoms with Gasteiger partial charge in [-0.2, -0.15) is 5.10 Å². The molecule has 1 N–H and O–H groups in total. The molecule has 3 rings (SSSR count). The van der Waals surface area contributed by atoms with Gasteiger partial charge in [-0.3, -0.25) is 4.79 Å². The van der Waals surface area contributed by atoms with Crippen molar-refractivity contribution in [2.24, 2.45) is 0 Å². The van der Waals surface area contributed by atoms with Crippen molar-refractivity contribution >= 4 is 22.3 Å². The molecule has 0 aliphatic carbocycles. The van der Waals surface area contributed by atoms with Crippen LogP contribution < -0.4 is 4.74 Å². The summed E-state index contributed by atoms with van der Waals surface area (Å²) in [4.78, 5) is 15.6. The number of carboxylic acids is 1. The minimum Gasteiger partial charge on any atom is -0.493 e. The number of aromatic nitrogens is 3. The van der Waals surface area contributed by atoms with Gasteiger partial charge in [0.2, 0.25) is 4.96 Å². The summed E-state index contributed by atoms with van der Waals surface area (Å²) in [5, 5.41) is 14.0. The van der Waals surface area contributed by atoms with Gasteiger partial charge in [0.05, 0.1) is 24.9 Å². The Balaban J connectivity index is 1.60. The van der Waals surface area contributed by atoms with Crippen molar-refractivity contribution in [3.8, 4) is 5.75 Å². The molecule has 2 aromatic heterocycles. The number of imidazole rings is 1. The Morgan fingerprint density at radius 1 is 1.33 bits per heavy atom. The highest BCUT2D eigenvalue weighted by molar-refractivity contribution is 7.16. The quantitative estimate of drug-likeness (QED) is 0.754. The molecule has 0 radical (unpaired) electrons. The fourth-order valence-electron chi connectivity index (χ4n) is 1.90. The molecule has 3 aromatic rings. The van der Waals surface area contributed by atoms with Gasteiger partial charge < -0.3 is 9.84 Å². The Labute approximate surface area is 124 Å². The summed E-state index contributed by atoms with van der Waals surface area (Å²) in [5.74, 6) is -0.0557. The van der Waals surface area contributed by atoms with E-state index in [1.807, 2.05) is 30.3 Å². The average molecular weight is 303 g/mol. The standard InChI is InChI=1S/C14H13N3O3S/c18-13(19)8-10-9-17-14(15-10)21-12(16-17)6-7-20-11-4-2-1-3-5-11/h1-5,9H,6-8H2,(H,18,19). The maximum absolute atomic E-state index is 10.6. The van der Waals surface area contributed by atoms with Crippen molar-refractivity contribution in [3.05, 3.63) is 47.2 Å². The summed E-state index contributed by atoms with van der Waals surface area (Å²) >= 11 is 1.45. The van der Waals surface area contributed by atoms with Crippen molar-refractivity contribution in [3.63, 3.8) is 0 Å². The van der Waals surface area contributed by atoms with Crippen LogP contribution in [0.4, 0.5) is 0 Å². The molecule has 0 saturated heterocycles. The molecule has 0 spiro atoms. The second-order valence-corrected chi connectivity index (χ2v) is 5.48. The zero-order valence-electron chi connectivity index (χ0n) is 11.1. The van der Waals surface area contributed by atoms with E-state index >= 15 is 0 Å². The predicted molar refractivity (Wildman–Crippen MR) is 77.8 cm³/mol. The smallest absolute Gasteiger partial charge is 0.309 e. The minimum absolute atomic E-state index is 0.0808. The number of benzene rings is 1. The summed E-state index contributed by atoms with van der Waals surface area (Å²) in [6.45, 7) is 0.544. The van der Waals surface area contributed by atoms with Crippen LogP contribution in [0.1, 0.15) is 10.7 Å². The Hall–Kier alpha value is -2.41. The Kier molecular flexibility index (Phi) is 3.83. The second kappa shape index (κ2) is 5.92. The summed E-state index contributed by atoms with van der Waals surface area (Å²) in [7, 11) is 0. The van der Waals surface area contributed by atoms with Crippen LogP contribution in [0.25, 0.3) is 4.96 Å². The fourth-order valence-corrected chi connectivity index (χ4v) is 2.78. The number of para-hydroxylation sites is 1. The van der Waals surface area contributed by atoms with Crippen molar-refractivity contribution in [2.75, 3.05) is 6.61 Å². The fraction of sp³-hybridized carbons (Fsp3) is 0.214. The van der Waals surface area contributed by atoms with Gasteiger partial charge in [0.15, 0.2) is 0 Å². The highest BCUT2D eigenvalue weighted by atomic mass is 32.1. The summed E-state index contributed by atoms with van der Waals surface area (Å²) in [5.41, 5.74) is 0.522. The number of rotatable bonds is 6. The number of ether oxygens (including phenoxy) is 1. The third kappa shape index (κ3) is 3.38. The number of hydrogen-bond donors (Lipinski definition) is 1. The maximum atomic E-state index is 10.6. The van der Waals surface area contributed by atoms with Gasteiger partial charge in [-0.05, 0) is 12.1 Å². The van der Waals surface area contributed by atoms with Crippen molar-refractivity contribution in [2.45, 2.75) is 12.8 Å². The number of hydrogen-bond acceptors (Lipinski definition) is 5. The number of aliphatic carboxylic acids is 1. The number of fused-ring (bicyclic) bond motifs is 1. The molecule has 108 valence electrons. The summed E-state index contributed by atoms with van der Waals surface area (Å²) in [6, 6.07) is 9.62. The number of carboxylic acid groups (broad SMARTS) is 1. The van der Waals surface area contributed by atoms with Crippen LogP contribution in [0.5, 0.6) is 5.75 Å². The van der Waals surface area contributed by atoms with E-state index in [1.165, 1.54) is 11.3 Å². The third-order valence-electron chi connectivity index (χ3n) is 2.80. The Morgan fingerprint density at radius 3 is 2.86 bits per heavy atom. The van der Waals surface area contributed by atoms with E-state index in [4.69, 9.17) is 9.84 Å². The molecule has 0 aliphatic rings. The average Bonchev–Trinajstić information content (AvgIpc) is 2.97. The first-order valence-electron chi connectivity index (χ1n) is 6.44. The van der Waals surface area contributed by atoms with Gasteiger partial charge >= 0.3 is 5.97 Å². The lowest BCUT2D eigenvalue weighted by Crippen LogP contribution is -2.02. The molecule has 6 nitrogen and oxygen atoms in total. The minimum atomic E-state index is -0.891. The van der Waals surface area contributed by atoms with Crippen LogP contribution >= 0.6 is 11.3 Å². The van der Waals surface area contributed by atoms with Crippen LogP contribution in [0.3, 0.4) is 0 Å². The van der Waals surface area contributed by atoms with E-state index in [0.717, 1.165) is 10.8 Å². The highest BCUT2D eigenvalue weighted by Gasteiger charge is 2.10. The van der Waals surface area contributed by atoms with Gasteiger partial charge in [-0.25, -0.2) is 9.50 Å². The van der Waals surface area contributed by atoms with Crippen LogP contribution in [-0.4, -0.2) is 32.3 Å². The molecule has 7 heteroatoms. The van der Waals surface area contributed by atoms with Gasteiger partial charge in [0, 0.05) is 6.42 Å². The first kappa shape index (κ1) is 13.6. The molecule has 0 bridgehead atoms. The van der Waals surface area contributed by atoms with Gasteiger partial charge in [0.25, 0.3) is 0 Å². The molecule has 0 fully saturated rings. The first-order chi connectivity index (χ1) is 10.2. The van der Waals surface area contributed by atoms with E-state index < -0.39 is 5.97 Å². The zero-order chi connectivity index (χ0) is 14.7. The molecule has 0 atom stereocenters. The van der Waals surface area contributed by atoms with Crippen LogP contribution in [0, 0.1) is 0 Å². The molecule has 21 heavy (non-hydrogen) atoms. The van der Waals surface area contributed by atoms with Crippen LogP contribution in [0.2, 0.25) is 0 Å². The molecular weight excluding hydrogens is 290 g/mol. The lowest BCUT2D eigenvalue weighted by atomic mass is 10.3. The Morgan fingerprint density at radius 2 is 2.14 bits per heavy atom. The zero-order valence-corrected chi connectivity index (χ0v) is 11.9. The molecule has 0 unspecified atom stereocenters. The molecule has 0 aliphatic heterocycles. The normalized spacial score (nSPS) is 10.9. The monoisotopic (exact) mass is 303 g/mol. The third-order valence-corrected chi connectivity index (χ3v) is 3.78. The lowest BCUT2D eigenvalue weighted by molar-refractivity contribution is -0.136. The van der Waals surface area contributed by atoms with Gasteiger partial charge in [0.1, 0.15) is 10.8 Å². The van der Waals surface area contributed by atoms with E-state index in [0.29, 0.717) is 23.7 Å². The molecule has 0 amide bonds. The SMILES string of the molecule is O=C(O)Cc1cn2nc(CCOc3ccccc3)sc2n1. The Bertz CT molecular complexity index is 720. The van der Waals surface area contributed by atoms with E-state index in [-0.39, 0.29) is 6.42 Å². The highest BCUT2D eigenvalue weighted by Crippen LogP contribution is 2.16. The van der Waals surface area contributed by atoms with E-state index in [2.05, 4.69) is 10.1 Å². The van der Waals surface area contributed by atoms with Crippen LogP contribution in [0.15, 0.2) is 36.5 Å². The molecule has 1 aromatic carbocycles. The van der Waals surface area contributed by atoms with Crippen molar-refractivity contribution in [1.29, 1.82) is 0 Å². The maximum Gasteiger partial charge on any atom is 0.309 e. The van der Waals surface area contributed by atoms with Crippen molar-refractivity contribution in [1.82, 2.24) is 14.6 Å².